The van der Waals surface area contributed by atoms with Crippen LogP contribution in [0.25, 0.3) is 0 Å². The molecule has 1 saturated heterocycles. The lowest BCUT2D eigenvalue weighted by Crippen LogP contribution is -2.30. The van der Waals surface area contributed by atoms with Gasteiger partial charge in [-0.25, -0.2) is 4.79 Å². The number of hydrogen-bond acceptors (Lipinski definition) is 5. The van der Waals surface area contributed by atoms with E-state index in [0.717, 1.165) is 6.08 Å². The SMILES string of the molecule is C=CC(=O)OCC1COC(C)(CC(C)=O)O1. The Hall–Kier alpha value is -1.20. The lowest BCUT2D eigenvalue weighted by molar-refractivity contribution is -0.171. The Kier molecular flexibility index (Phi) is 4.20. The zero-order valence-electron chi connectivity index (χ0n) is 9.52. The topological polar surface area (TPSA) is 61.8 Å². The van der Waals surface area contributed by atoms with Gasteiger partial charge in [0.15, 0.2) is 5.79 Å². The molecule has 0 radical (unpaired) electrons. The lowest BCUT2D eigenvalue weighted by Gasteiger charge is -2.21. The molecule has 0 aliphatic carbocycles. The Labute approximate surface area is 94.4 Å². The molecule has 2 atom stereocenters. The highest BCUT2D eigenvalue weighted by molar-refractivity contribution is 5.81. The molecule has 0 aromatic carbocycles. The summed E-state index contributed by atoms with van der Waals surface area (Å²) in [6, 6.07) is 0. The molecule has 0 saturated carbocycles. The van der Waals surface area contributed by atoms with Crippen LogP contribution in [0.4, 0.5) is 0 Å². The predicted molar refractivity (Wildman–Crippen MR) is 55.7 cm³/mol. The minimum Gasteiger partial charge on any atom is -0.460 e. The van der Waals surface area contributed by atoms with E-state index >= 15 is 0 Å². The molecule has 1 aliphatic rings. The van der Waals surface area contributed by atoms with E-state index < -0.39 is 11.8 Å². The Bertz CT molecular complexity index is 299. The monoisotopic (exact) mass is 228 g/mol. The quantitative estimate of drug-likeness (QED) is 0.515. The van der Waals surface area contributed by atoms with Gasteiger partial charge in [0.25, 0.3) is 0 Å². The Morgan fingerprint density at radius 3 is 2.88 bits per heavy atom. The smallest absolute Gasteiger partial charge is 0.330 e. The fraction of sp³-hybridized carbons (Fsp3) is 0.636. The summed E-state index contributed by atoms with van der Waals surface area (Å²) < 4.78 is 15.7. The van der Waals surface area contributed by atoms with Gasteiger partial charge in [0.2, 0.25) is 0 Å². The molecule has 0 aromatic heterocycles. The molecule has 1 fully saturated rings. The van der Waals surface area contributed by atoms with E-state index in [0.29, 0.717) is 6.61 Å². The molecule has 2 unspecified atom stereocenters. The standard InChI is InChI=1S/C11H16O5/c1-4-10(13)14-6-9-7-15-11(3,16-9)5-8(2)12/h4,9H,1,5-7H2,2-3H3. The van der Waals surface area contributed by atoms with Crippen molar-refractivity contribution >= 4 is 11.8 Å². The van der Waals surface area contributed by atoms with Crippen LogP contribution in [0.5, 0.6) is 0 Å². The van der Waals surface area contributed by atoms with Gasteiger partial charge in [-0.05, 0) is 13.8 Å². The fourth-order valence-corrected chi connectivity index (χ4v) is 1.55. The molecule has 1 aliphatic heterocycles. The van der Waals surface area contributed by atoms with Gasteiger partial charge in [0.05, 0.1) is 13.0 Å². The molecule has 1 rings (SSSR count). The maximum Gasteiger partial charge on any atom is 0.330 e. The molecular weight excluding hydrogens is 212 g/mol. The van der Waals surface area contributed by atoms with Crippen molar-refractivity contribution in [3.8, 4) is 0 Å². The number of ketones is 1. The molecule has 0 aromatic rings. The average Bonchev–Trinajstić information content (AvgIpc) is 2.55. The van der Waals surface area contributed by atoms with Gasteiger partial charge in [0.1, 0.15) is 18.5 Å². The van der Waals surface area contributed by atoms with Crippen molar-refractivity contribution in [2.75, 3.05) is 13.2 Å². The molecule has 0 N–H and O–H groups in total. The normalized spacial score (nSPS) is 28.8. The van der Waals surface area contributed by atoms with Crippen LogP contribution in [-0.4, -0.2) is 36.9 Å². The van der Waals surface area contributed by atoms with Crippen molar-refractivity contribution in [2.45, 2.75) is 32.2 Å². The molecule has 5 heteroatoms. The summed E-state index contributed by atoms with van der Waals surface area (Å²) in [5.74, 6) is -1.40. The summed E-state index contributed by atoms with van der Waals surface area (Å²) in [4.78, 5) is 21.8. The van der Waals surface area contributed by atoms with E-state index in [1.54, 1.807) is 6.92 Å². The van der Waals surface area contributed by atoms with Gasteiger partial charge in [-0.15, -0.1) is 0 Å². The van der Waals surface area contributed by atoms with Crippen LogP contribution in [0.3, 0.4) is 0 Å². The Morgan fingerprint density at radius 1 is 1.62 bits per heavy atom. The minimum absolute atomic E-state index is 0.00811. The predicted octanol–water partition coefficient (Wildman–Crippen LogP) is 0.826. The second kappa shape index (κ2) is 5.23. The van der Waals surface area contributed by atoms with Gasteiger partial charge in [0, 0.05) is 6.08 Å². The van der Waals surface area contributed by atoms with Crippen molar-refractivity contribution in [1.82, 2.24) is 0 Å². The second-order valence-corrected chi connectivity index (χ2v) is 3.90. The van der Waals surface area contributed by atoms with Crippen molar-refractivity contribution in [3.05, 3.63) is 12.7 Å². The summed E-state index contributed by atoms with van der Waals surface area (Å²) in [6.45, 7) is 6.88. The highest BCUT2D eigenvalue weighted by Crippen LogP contribution is 2.27. The molecule has 16 heavy (non-hydrogen) atoms. The van der Waals surface area contributed by atoms with Gasteiger partial charge >= 0.3 is 5.97 Å². The van der Waals surface area contributed by atoms with E-state index in [2.05, 4.69) is 6.58 Å². The van der Waals surface area contributed by atoms with E-state index in [4.69, 9.17) is 14.2 Å². The van der Waals surface area contributed by atoms with Crippen LogP contribution < -0.4 is 0 Å². The van der Waals surface area contributed by atoms with Crippen molar-refractivity contribution in [2.24, 2.45) is 0 Å². The van der Waals surface area contributed by atoms with Crippen molar-refractivity contribution < 1.29 is 23.8 Å². The van der Waals surface area contributed by atoms with Crippen LogP contribution in [-0.2, 0) is 23.8 Å². The van der Waals surface area contributed by atoms with E-state index in [1.807, 2.05) is 0 Å². The van der Waals surface area contributed by atoms with Crippen LogP contribution in [0.15, 0.2) is 12.7 Å². The van der Waals surface area contributed by atoms with Crippen LogP contribution >= 0.6 is 0 Å². The largest absolute Gasteiger partial charge is 0.460 e. The van der Waals surface area contributed by atoms with Gasteiger partial charge in [-0.1, -0.05) is 6.58 Å². The second-order valence-electron chi connectivity index (χ2n) is 3.90. The third-order valence-electron chi connectivity index (χ3n) is 2.14. The number of ether oxygens (including phenoxy) is 3. The summed E-state index contributed by atoms with van der Waals surface area (Å²) in [6.07, 6.45) is 0.956. The Morgan fingerprint density at radius 2 is 2.31 bits per heavy atom. The molecule has 0 amide bonds. The van der Waals surface area contributed by atoms with Crippen molar-refractivity contribution in [3.63, 3.8) is 0 Å². The summed E-state index contributed by atoms with van der Waals surface area (Å²) >= 11 is 0. The minimum atomic E-state index is -0.892. The maximum atomic E-state index is 11.0. The molecule has 0 spiro atoms. The molecule has 1 heterocycles. The number of rotatable bonds is 5. The van der Waals surface area contributed by atoms with Gasteiger partial charge in [-0.3, -0.25) is 4.79 Å². The summed E-state index contributed by atoms with van der Waals surface area (Å²) in [5, 5.41) is 0. The van der Waals surface area contributed by atoms with E-state index in [9.17, 15) is 9.59 Å². The van der Waals surface area contributed by atoms with E-state index in [-0.39, 0.29) is 24.9 Å². The molecule has 5 nitrogen and oxygen atoms in total. The molecule has 90 valence electrons. The number of Topliss-reactive ketones (excluding diaryl/α,β-unsaturated/α-hetero) is 1. The maximum absolute atomic E-state index is 11.0. The third-order valence-corrected chi connectivity index (χ3v) is 2.14. The first kappa shape index (κ1) is 12.9. The first-order valence-corrected chi connectivity index (χ1v) is 5.05. The van der Waals surface area contributed by atoms with E-state index in [1.165, 1.54) is 6.92 Å². The fourth-order valence-electron chi connectivity index (χ4n) is 1.55. The van der Waals surface area contributed by atoms with Crippen molar-refractivity contribution in [1.29, 1.82) is 0 Å². The first-order valence-electron chi connectivity index (χ1n) is 5.05. The van der Waals surface area contributed by atoms with Crippen LogP contribution in [0.2, 0.25) is 0 Å². The summed E-state index contributed by atoms with van der Waals surface area (Å²) in [5.41, 5.74) is 0. The Balaban J connectivity index is 2.37. The zero-order valence-corrected chi connectivity index (χ0v) is 9.52. The highest BCUT2D eigenvalue weighted by atomic mass is 16.7. The number of carbonyl (C=O) groups is 2. The number of hydrogen-bond donors (Lipinski definition) is 0. The number of carbonyl (C=O) groups excluding carboxylic acids is 2. The summed E-state index contributed by atoms with van der Waals surface area (Å²) in [7, 11) is 0. The molecular formula is C11H16O5. The first-order chi connectivity index (χ1) is 7.45. The molecule has 0 bridgehead atoms. The number of esters is 1. The van der Waals surface area contributed by atoms with Gasteiger partial charge < -0.3 is 14.2 Å². The van der Waals surface area contributed by atoms with Crippen LogP contribution in [0, 0.1) is 0 Å². The van der Waals surface area contributed by atoms with Gasteiger partial charge in [-0.2, -0.15) is 0 Å². The highest BCUT2D eigenvalue weighted by Gasteiger charge is 2.38. The lowest BCUT2D eigenvalue weighted by atomic mass is 10.2. The average molecular weight is 228 g/mol. The zero-order chi connectivity index (χ0) is 12.2. The van der Waals surface area contributed by atoms with Crippen LogP contribution in [0.1, 0.15) is 20.3 Å². The third kappa shape index (κ3) is 3.75.